The van der Waals surface area contributed by atoms with Gasteiger partial charge in [0.25, 0.3) is 5.89 Å². The number of alkyl halides is 1. The van der Waals surface area contributed by atoms with Gasteiger partial charge in [-0.05, 0) is 30.3 Å². The van der Waals surface area contributed by atoms with Crippen molar-refractivity contribution in [3.63, 3.8) is 0 Å². The van der Waals surface area contributed by atoms with E-state index in [-0.39, 0.29) is 28.7 Å². The van der Waals surface area contributed by atoms with Crippen LogP contribution in [-0.2, 0) is 6.42 Å². The molecule has 0 aliphatic carbocycles. The van der Waals surface area contributed by atoms with E-state index in [9.17, 15) is 13.2 Å². The van der Waals surface area contributed by atoms with Gasteiger partial charge in [0.2, 0.25) is 5.82 Å². The lowest BCUT2D eigenvalue weighted by atomic mass is 10.2. The first-order chi connectivity index (χ1) is 13.6. The number of hydrogen-bond acceptors (Lipinski definition) is 5. The Bertz CT molecular complexity index is 1140. The Balaban J connectivity index is 1.79. The quantitative estimate of drug-likeness (QED) is 0.424. The molecule has 4 aromatic rings. The largest absolute Gasteiger partial charge is 0.332 e. The lowest BCUT2D eigenvalue weighted by Crippen LogP contribution is -2.05. The van der Waals surface area contributed by atoms with Crippen LogP contribution in [0.5, 0.6) is 0 Å². The summed E-state index contributed by atoms with van der Waals surface area (Å²) in [5.74, 6) is -1.95. The van der Waals surface area contributed by atoms with Gasteiger partial charge in [0.1, 0.15) is 23.1 Å². The minimum Gasteiger partial charge on any atom is -0.332 e. The zero-order chi connectivity index (χ0) is 19.7. The molecule has 0 radical (unpaired) electrons. The molecule has 0 saturated carbocycles. The third-order valence-corrected chi connectivity index (χ3v) is 4.37. The summed E-state index contributed by atoms with van der Waals surface area (Å²) < 4.78 is 48.1. The molecule has 0 unspecified atom stereocenters. The molecule has 0 N–H and O–H groups in total. The molecule has 0 spiro atoms. The summed E-state index contributed by atoms with van der Waals surface area (Å²) in [7, 11) is 0. The van der Waals surface area contributed by atoms with Crippen LogP contribution in [0.4, 0.5) is 13.2 Å². The van der Waals surface area contributed by atoms with Gasteiger partial charge in [-0.1, -0.05) is 38.4 Å². The molecule has 4 rings (SSSR count). The first-order valence-corrected chi connectivity index (χ1v) is 9.25. The van der Waals surface area contributed by atoms with Crippen molar-refractivity contribution in [2.75, 3.05) is 5.33 Å². The summed E-state index contributed by atoms with van der Waals surface area (Å²) in [5.41, 5.74) is 0.835. The minimum atomic E-state index is -0.690. The second-order valence-electron chi connectivity index (χ2n) is 5.73. The number of halogens is 4. The van der Waals surface area contributed by atoms with E-state index in [1.807, 2.05) is 0 Å². The molecule has 0 atom stereocenters. The molecule has 2 aromatic heterocycles. The second kappa shape index (κ2) is 7.55. The van der Waals surface area contributed by atoms with E-state index in [1.54, 1.807) is 18.2 Å². The molecular formula is C18H11BrF3N5O. The first kappa shape index (κ1) is 18.4. The maximum absolute atomic E-state index is 14.2. The van der Waals surface area contributed by atoms with Gasteiger partial charge in [-0.25, -0.2) is 17.9 Å². The van der Waals surface area contributed by atoms with E-state index in [1.165, 1.54) is 10.7 Å². The van der Waals surface area contributed by atoms with Crippen LogP contribution in [0.25, 0.3) is 28.7 Å². The topological polar surface area (TPSA) is 69.6 Å². The van der Waals surface area contributed by atoms with Crippen molar-refractivity contribution >= 4 is 15.9 Å². The van der Waals surface area contributed by atoms with Crippen LogP contribution in [0, 0.1) is 17.5 Å². The van der Waals surface area contributed by atoms with Crippen LogP contribution in [0.3, 0.4) is 0 Å². The van der Waals surface area contributed by atoms with Crippen molar-refractivity contribution in [2.45, 2.75) is 6.42 Å². The molecule has 10 heteroatoms. The molecule has 28 heavy (non-hydrogen) atoms. The molecule has 6 nitrogen and oxygen atoms in total. The van der Waals surface area contributed by atoms with E-state index >= 15 is 0 Å². The zero-order valence-corrected chi connectivity index (χ0v) is 15.7. The Morgan fingerprint density at radius 2 is 1.86 bits per heavy atom. The number of aromatic nitrogens is 5. The maximum atomic E-state index is 14.2. The van der Waals surface area contributed by atoms with E-state index in [0.717, 1.165) is 18.2 Å². The van der Waals surface area contributed by atoms with Crippen LogP contribution < -0.4 is 0 Å². The SMILES string of the molecule is Fc1ccc(F)c(-c2noc(-c3nnn(-c4ccccc4F)c3CCBr)n2)c1. The second-order valence-corrected chi connectivity index (χ2v) is 6.53. The van der Waals surface area contributed by atoms with Crippen molar-refractivity contribution in [3.8, 4) is 28.7 Å². The number of para-hydroxylation sites is 1. The fourth-order valence-electron chi connectivity index (χ4n) is 2.70. The summed E-state index contributed by atoms with van der Waals surface area (Å²) >= 11 is 3.34. The van der Waals surface area contributed by atoms with Crippen LogP contribution >= 0.6 is 15.9 Å². The van der Waals surface area contributed by atoms with Gasteiger partial charge in [-0.2, -0.15) is 4.98 Å². The third kappa shape index (κ3) is 3.31. The van der Waals surface area contributed by atoms with Crippen molar-refractivity contribution in [2.24, 2.45) is 0 Å². The number of nitrogens with zero attached hydrogens (tertiary/aromatic N) is 5. The Labute approximate surface area is 165 Å². The van der Waals surface area contributed by atoms with Crippen molar-refractivity contribution in [3.05, 3.63) is 65.6 Å². The highest BCUT2D eigenvalue weighted by Gasteiger charge is 2.23. The lowest BCUT2D eigenvalue weighted by molar-refractivity contribution is 0.430. The van der Waals surface area contributed by atoms with E-state index in [4.69, 9.17) is 4.52 Å². The first-order valence-electron chi connectivity index (χ1n) is 8.13. The van der Waals surface area contributed by atoms with Crippen LogP contribution in [0.1, 0.15) is 5.69 Å². The Morgan fingerprint density at radius 3 is 2.64 bits per heavy atom. The van der Waals surface area contributed by atoms with Crippen LogP contribution in [0.2, 0.25) is 0 Å². The number of hydrogen-bond donors (Lipinski definition) is 0. The standard InChI is InChI=1S/C18H11BrF3N5O/c19-8-7-15-16(24-26-27(15)14-4-2-1-3-13(14)22)18-23-17(25-28-18)11-9-10(20)5-6-12(11)21/h1-6,9H,7-8H2. The van der Waals surface area contributed by atoms with Crippen molar-refractivity contribution in [1.82, 2.24) is 25.1 Å². The van der Waals surface area contributed by atoms with Gasteiger partial charge in [0, 0.05) is 11.8 Å². The molecule has 0 aliphatic heterocycles. The molecule has 142 valence electrons. The summed E-state index contributed by atoms with van der Waals surface area (Å²) in [4.78, 5) is 4.12. The van der Waals surface area contributed by atoms with Crippen molar-refractivity contribution < 1.29 is 17.7 Å². The highest BCUT2D eigenvalue weighted by molar-refractivity contribution is 9.09. The average Bonchev–Trinajstić information content (AvgIpc) is 3.32. The summed E-state index contributed by atoms with van der Waals surface area (Å²) in [6.45, 7) is 0. The van der Waals surface area contributed by atoms with Crippen LogP contribution in [-0.4, -0.2) is 30.5 Å². The summed E-state index contributed by atoms with van der Waals surface area (Å²) in [6, 6.07) is 9.06. The highest BCUT2D eigenvalue weighted by Crippen LogP contribution is 2.27. The van der Waals surface area contributed by atoms with Gasteiger partial charge >= 0.3 is 0 Å². The fourth-order valence-corrected chi connectivity index (χ4v) is 3.07. The summed E-state index contributed by atoms with van der Waals surface area (Å²) in [6.07, 6.45) is 0.433. The zero-order valence-electron chi connectivity index (χ0n) is 14.1. The molecule has 0 saturated heterocycles. The van der Waals surface area contributed by atoms with Gasteiger partial charge in [-0.3, -0.25) is 0 Å². The Kier molecular flexibility index (Phi) is 4.95. The smallest absolute Gasteiger partial charge is 0.280 e. The van der Waals surface area contributed by atoms with Gasteiger partial charge in [0.15, 0.2) is 5.69 Å². The third-order valence-electron chi connectivity index (χ3n) is 3.97. The predicted molar refractivity (Wildman–Crippen MR) is 97.5 cm³/mol. The van der Waals surface area contributed by atoms with Crippen molar-refractivity contribution in [1.29, 1.82) is 0 Å². The van der Waals surface area contributed by atoms with E-state index < -0.39 is 17.5 Å². The Morgan fingerprint density at radius 1 is 1.04 bits per heavy atom. The predicted octanol–water partition coefficient (Wildman–Crippen LogP) is 4.34. The molecular weight excluding hydrogens is 439 g/mol. The van der Waals surface area contributed by atoms with E-state index in [0.29, 0.717) is 17.4 Å². The van der Waals surface area contributed by atoms with Gasteiger partial charge in [0.05, 0.1) is 11.3 Å². The van der Waals surface area contributed by atoms with Crippen LogP contribution in [0.15, 0.2) is 47.0 Å². The molecule has 0 bridgehead atoms. The minimum absolute atomic E-state index is 0.0304. The molecule has 2 heterocycles. The van der Waals surface area contributed by atoms with E-state index in [2.05, 4.69) is 36.4 Å². The summed E-state index contributed by atoms with van der Waals surface area (Å²) in [5, 5.41) is 12.3. The Hall–Kier alpha value is -3.01. The fraction of sp³-hybridized carbons (Fsp3) is 0.111. The normalized spacial score (nSPS) is 11.1. The average molecular weight is 450 g/mol. The van der Waals surface area contributed by atoms with Gasteiger partial charge < -0.3 is 4.52 Å². The van der Waals surface area contributed by atoms with Gasteiger partial charge in [-0.15, -0.1) is 5.10 Å². The lowest BCUT2D eigenvalue weighted by Gasteiger charge is -2.06. The molecule has 0 aliphatic rings. The molecule has 2 aromatic carbocycles. The number of rotatable bonds is 5. The molecule has 0 amide bonds. The highest BCUT2D eigenvalue weighted by atomic mass is 79.9. The monoisotopic (exact) mass is 449 g/mol. The molecule has 0 fully saturated rings. The maximum Gasteiger partial charge on any atom is 0.280 e. The number of benzene rings is 2.